The molecular formula is C40H39N3O5. The number of methoxy groups -OCH3 is 1. The van der Waals surface area contributed by atoms with E-state index in [4.69, 9.17) is 23.7 Å². The van der Waals surface area contributed by atoms with Crippen molar-refractivity contribution in [3.63, 3.8) is 0 Å². The normalized spacial score (nSPS) is 20.9. The second-order valence-electron chi connectivity index (χ2n) is 11.6. The molecule has 0 N–H and O–H groups in total. The molecule has 0 spiro atoms. The van der Waals surface area contributed by atoms with E-state index in [0.29, 0.717) is 6.61 Å². The summed E-state index contributed by atoms with van der Waals surface area (Å²) in [4.78, 5) is 3.25. The lowest BCUT2D eigenvalue weighted by Gasteiger charge is -2.45. The zero-order chi connectivity index (χ0) is 33.0. The van der Waals surface area contributed by atoms with Gasteiger partial charge in [0.25, 0.3) is 0 Å². The topological polar surface area (TPSA) is 94.9 Å². The zero-order valence-corrected chi connectivity index (χ0v) is 26.8. The van der Waals surface area contributed by atoms with E-state index in [2.05, 4.69) is 46.4 Å². The maximum absolute atomic E-state index is 9.85. The predicted molar refractivity (Wildman–Crippen MR) is 184 cm³/mol. The van der Waals surface area contributed by atoms with Crippen LogP contribution in [0.1, 0.15) is 27.8 Å². The van der Waals surface area contributed by atoms with Crippen LogP contribution in [0.5, 0.6) is 0 Å². The third-order valence-corrected chi connectivity index (χ3v) is 8.61. The molecule has 0 aliphatic carbocycles. The molecule has 0 unspecified atom stereocenters. The Hall–Kier alpha value is -4.79. The Bertz CT molecular complexity index is 1630. The minimum absolute atomic E-state index is 0.0544. The monoisotopic (exact) mass is 641 g/mol. The molecule has 1 fully saturated rings. The molecule has 1 heterocycles. The van der Waals surface area contributed by atoms with Crippen molar-refractivity contribution in [3.05, 3.63) is 190 Å². The Morgan fingerprint density at radius 3 is 1.46 bits per heavy atom. The van der Waals surface area contributed by atoms with Crippen LogP contribution in [0, 0.1) is 0 Å². The van der Waals surface area contributed by atoms with Gasteiger partial charge in [0.1, 0.15) is 17.8 Å². The van der Waals surface area contributed by atoms with Crippen LogP contribution in [-0.2, 0) is 42.5 Å². The summed E-state index contributed by atoms with van der Waals surface area (Å²) in [6.07, 6.45) is -2.98. The first kappa shape index (κ1) is 33.1. The van der Waals surface area contributed by atoms with Crippen molar-refractivity contribution in [3.8, 4) is 0 Å². The van der Waals surface area contributed by atoms with Crippen molar-refractivity contribution in [2.45, 2.75) is 49.5 Å². The Kier molecular flexibility index (Phi) is 11.3. The summed E-state index contributed by atoms with van der Waals surface area (Å²) in [5.41, 5.74) is 13.7. The second kappa shape index (κ2) is 16.4. The van der Waals surface area contributed by atoms with E-state index in [-0.39, 0.29) is 13.2 Å². The highest BCUT2D eigenvalue weighted by Gasteiger charge is 2.49. The molecule has 1 aliphatic rings. The first-order chi connectivity index (χ1) is 23.7. The summed E-state index contributed by atoms with van der Waals surface area (Å²) in [6.45, 7) is 0.627. The number of ether oxygens (including phenoxy) is 5. The van der Waals surface area contributed by atoms with Crippen molar-refractivity contribution in [1.29, 1.82) is 0 Å². The van der Waals surface area contributed by atoms with E-state index in [9.17, 15) is 5.53 Å². The average Bonchev–Trinajstić information content (AvgIpc) is 3.16. The number of rotatable bonds is 14. The molecule has 0 radical (unpaired) electrons. The van der Waals surface area contributed by atoms with Crippen molar-refractivity contribution in [2.24, 2.45) is 5.11 Å². The van der Waals surface area contributed by atoms with Gasteiger partial charge in [-0.05, 0) is 33.3 Å². The average molecular weight is 642 g/mol. The smallest absolute Gasteiger partial charge is 0.186 e. The van der Waals surface area contributed by atoms with Crippen LogP contribution in [0.4, 0.5) is 0 Å². The van der Waals surface area contributed by atoms with Gasteiger partial charge in [-0.1, -0.05) is 157 Å². The fraction of sp³-hybridized carbons (Fsp3) is 0.250. The van der Waals surface area contributed by atoms with Crippen LogP contribution in [0.15, 0.2) is 157 Å². The lowest BCUT2D eigenvalue weighted by Crippen LogP contribution is -2.60. The maximum Gasteiger partial charge on any atom is 0.186 e. The summed E-state index contributed by atoms with van der Waals surface area (Å²) in [6, 6.07) is 49.2. The Morgan fingerprint density at radius 2 is 1.04 bits per heavy atom. The Morgan fingerprint density at radius 1 is 0.625 bits per heavy atom. The predicted octanol–water partition coefficient (Wildman–Crippen LogP) is 8.22. The molecule has 0 aromatic heterocycles. The molecule has 0 bridgehead atoms. The molecular weight excluding hydrogens is 602 g/mol. The summed E-state index contributed by atoms with van der Waals surface area (Å²) >= 11 is 0. The minimum atomic E-state index is -1.00. The number of azide groups is 1. The van der Waals surface area contributed by atoms with E-state index in [1.807, 2.05) is 115 Å². The van der Waals surface area contributed by atoms with Crippen molar-refractivity contribution < 1.29 is 23.7 Å². The highest BCUT2D eigenvalue weighted by Crippen LogP contribution is 2.41. The first-order valence-electron chi connectivity index (χ1n) is 16.1. The largest absolute Gasteiger partial charge is 0.370 e. The molecule has 244 valence electrons. The molecule has 48 heavy (non-hydrogen) atoms. The molecule has 1 aliphatic heterocycles. The van der Waals surface area contributed by atoms with Crippen molar-refractivity contribution in [1.82, 2.24) is 0 Å². The number of hydrogen-bond donors (Lipinski definition) is 0. The van der Waals surface area contributed by atoms with Crippen LogP contribution >= 0.6 is 0 Å². The van der Waals surface area contributed by atoms with Crippen LogP contribution in [-0.4, -0.2) is 44.4 Å². The molecule has 0 amide bonds. The lowest BCUT2D eigenvalue weighted by atomic mass is 9.80. The molecule has 6 rings (SSSR count). The molecule has 8 nitrogen and oxygen atoms in total. The highest BCUT2D eigenvalue weighted by atomic mass is 16.7. The summed E-state index contributed by atoms with van der Waals surface area (Å²) in [5.74, 6) is 0. The van der Waals surface area contributed by atoms with Gasteiger partial charge in [-0.3, -0.25) is 0 Å². The number of benzene rings is 5. The van der Waals surface area contributed by atoms with Crippen LogP contribution in [0.25, 0.3) is 10.4 Å². The minimum Gasteiger partial charge on any atom is -0.370 e. The maximum atomic E-state index is 9.85. The first-order valence-corrected chi connectivity index (χ1v) is 16.1. The van der Waals surface area contributed by atoms with Gasteiger partial charge in [0.05, 0.1) is 32.0 Å². The van der Waals surface area contributed by atoms with Gasteiger partial charge in [0.15, 0.2) is 6.29 Å². The summed E-state index contributed by atoms with van der Waals surface area (Å²) in [5, 5.41) is 4.27. The van der Waals surface area contributed by atoms with Gasteiger partial charge in [-0.25, -0.2) is 0 Å². The molecule has 1 saturated heterocycles. The van der Waals surface area contributed by atoms with E-state index in [1.54, 1.807) is 7.11 Å². The van der Waals surface area contributed by atoms with Gasteiger partial charge >= 0.3 is 0 Å². The van der Waals surface area contributed by atoms with Crippen molar-refractivity contribution >= 4 is 0 Å². The fourth-order valence-corrected chi connectivity index (χ4v) is 6.29. The molecule has 8 heteroatoms. The Balaban J connectivity index is 1.37. The van der Waals surface area contributed by atoms with Gasteiger partial charge in [0, 0.05) is 12.0 Å². The fourth-order valence-electron chi connectivity index (χ4n) is 6.29. The lowest BCUT2D eigenvalue weighted by molar-refractivity contribution is -0.293. The van der Waals surface area contributed by atoms with E-state index in [1.165, 1.54) is 0 Å². The summed E-state index contributed by atoms with van der Waals surface area (Å²) in [7, 11) is 1.58. The van der Waals surface area contributed by atoms with E-state index < -0.39 is 36.2 Å². The zero-order valence-electron chi connectivity index (χ0n) is 26.8. The standard InChI is InChI=1S/C40H39N3O5/c1-44-39-38(46-28-31-19-9-3-10-20-31)37(45-27-30-17-7-2-8-18-30)36(42-43-41)35(48-39)29-47-40(32-21-11-4-12-22-32,33-23-13-5-14-24-33)34-25-15-6-16-26-34/h2-26,35-39H,27-29H2,1H3/t35-,36-,37+,38-,39+/m1/s1. The van der Waals surface area contributed by atoms with Crippen LogP contribution in [0.3, 0.4) is 0 Å². The quantitative estimate of drug-likeness (QED) is 0.0527. The highest BCUT2D eigenvalue weighted by molar-refractivity contribution is 5.47. The molecule has 5 aromatic rings. The van der Waals surface area contributed by atoms with Gasteiger partial charge in [0.2, 0.25) is 0 Å². The van der Waals surface area contributed by atoms with Crippen LogP contribution in [0.2, 0.25) is 0 Å². The number of nitrogens with zero attached hydrogens (tertiary/aromatic N) is 3. The van der Waals surface area contributed by atoms with Crippen LogP contribution < -0.4 is 0 Å². The van der Waals surface area contributed by atoms with E-state index in [0.717, 1.165) is 27.8 Å². The SMILES string of the molecule is CO[C@H]1O[C@H](COC(c2ccccc2)(c2ccccc2)c2ccccc2)[C@@H](N=[N+]=[N-])[C@H](OCc2ccccc2)[C@H]1OCc1ccccc1. The third kappa shape index (κ3) is 7.51. The van der Waals surface area contributed by atoms with Gasteiger partial charge in [-0.15, -0.1) is 0 Å². The van der Waals surface area contributed by atoms with Gasteiger partial charge < -0.3 is 23.7 Å². The second-order valence-corrected chi connectivity index (χ2v) is 11.6. The van der Waals surface area contributed by atoms with Gasteiger partial charge in [-0.2, -0.15) is 0 Å². The molecule has 5 aromatic carbocycles. The van der Waals surface area contributed by atoms with E-state index >= 15 is 0 Å². The molecule has 0 saturated carbocycles. The van der Waals surface area contributed by atoms with Crippen molar-refractivity contribution in [2.75, 3.05) is 13.7 Å². The Labute approximate surface area is 281 Å². The third-order valence-electron chi connectivity index (χ3n) is 8.61. The number of hydrogen-bond acceptors (Lipinski definition) is 6. The summed E-state index contributed by atoms with van der Waals surface area (Å²) < 4.78 is 32.6. The molecule has 5 atom stereocenters.